The Kier molecular flexibility index (Phi) is 10.5. The van der Waals surface area contributed by atoms with Crippen molar-refractivity contribution in [2.45, 2.75) is 46.3 Å². The Bertz CT molecular complexity index is 2560. The van der Waals surface area contributed by atoms with Crippen LogP contribution in [0.3, 0.4) is 0 Å². The molecule has 0 aliphatic carbocycles. The molecule has 0 radical (unpaired) electrons. The minimum atomic E-state index is -3.69. The molecule has 270 valence electrons. The highest BCUT2D eigenvalue weighted by Crippen LogP contribution is 2.31. The van der Waals surface area contributed by atoms with E-state index in [1.807, 2.05) is 67.6 Å². The molecule has 7 rings (SSSR count). The predicted molar refractivity (Wildman–Crippen MR) is 212 cm³/mol. The third kappa shape index (κ3) is 8.31. The third-order valence-corrected chi connectivity index (χ3v) is 12.8. The summed E-state index contributed by atoms with van der Waals surface area (Å²) in [5.74, 6) is 2.27. The van der Waals surface area contributed by atoms with Gasteiger partial charge in [-0.15, -0.1) is 0 Å². The standard InChI is InChI=1S/C46H38O6S2/c1-3-34-6-8-35(9-7-34)32-36-10-26-44(27-11-36)54(49,50)46-30-22-42(23-31-46)52-40-18-14-38(15-19-40)37-12-16-39(17-13-37)51-41-20-28-45(29-21-41)53(47,48)43-24-4-33(2)5-25-43/h4-31H,3,32H2,1-2H3. The largest absolute Gasteiger partial charge is 0.457 e. The second-order valence-corrected chi connectivity index (χ2v) is 16.9. The monoisotopic (exact) mass is 750 g/mol. The van der Waals surface area contributed by atoms with Gasteiger partial charge in [-0.05, 0) is 145 Å². The Morgan fingerprint density at radius 3 is 1.00 bits per heavy atom. The maximum Gasteiger partial charge on any atom is 0.206 e. The number of aryl methyl sites for hydroxylation is 2. The molecule has 6 nitrogen and oxygen atoms in total. The lowest BCUT2D eigenvalue weighted by atomic mass is 10.0. The van der Waals surface area contributed by atoms with Crippen molar-refractivity contribution in [1.29, 1.82) is 0 Å². The molecule has 7 aromatic carbocycles. The molecule has 7 aromatic rings. The maximum atomic E-state index is 13.4. The number of ether oxygens (including phenoxy) is 2. The fourth-order valence-corrected chi connectivity index (χ4v) is 8.50. The highest BCUT2D eigenvalue weighted by Gasteiger charge is 2.19. The van der Waals surface area contributed by atoms with Crippen LogP contribution < -0.4 is 9.47 Å². The van der Waals surface area contributed by atoms with Gasteiger partial charge in [0.15, 0.2) is 0 Å². The maximum absolute atomic E-state index is 13.4. The van der Waals surface area contributed by atoms with Crippen LogP contribution >= 0.6 is 0 Å². The van der Waals surface area contributed by atoms with Crippen LogP contribution in [0.15, 0.2) is 189 Å². The molecule has 0 atom stereocenters. The molecule has 8 heteroatoms. The van der Waals surface area contributed by atoms with Crippen LogP contribution in [0.1, 0.15) is 29.2 Å². The quantitative estimate of drug-likeness (QED) is 0.124. The van der Waals surface area contributed by atoms with Crippen LogP contribution in [0.2, 0.25) is 0 Å². The van der Waals surface area contributed by atoms with Gasteiger partial charge in [0, 0.05) is 0 Å². The Balaban J connectivity index is 0.940. The lowest BCUT2D eigenvalue weighted by Crippen LogP contribution is -2.02. The molecule has 0 aliphatic rings. The predicted octanol–water partition coefficient (Wildman–Crippen LogP) is 11.1. The Morgan fingerprint density at radius 1 is 0.370 bits per heavy atom. The molecule has 0 N–H and O–H groups in total. The van der Waals surface area contributed by atoms with E-state index in [1.165, 1.54) is 11.1 Å². The molecule has 0 heterocycles. The number of sulfone groups is 2. The van der Waals surface area contributed by atoms with Gasteiger partial charge in [-0.3, -0.25) is 0 Å². The van der Waals surface area contributed by atoms with E-state index in [0.717, 1.165) is 35.1 Å². The van der Waals surface area contributed by atoms with E-state index < -0.39 is 19.7 Å². The second kappa shape index (κ2) is 15.6. The molecular weight excluding hydrogens is 713 g/mol. The molecular formula is C46H38O6S2. The summed E-state index contributed by atoms with van der Waals surface area (Å²) in [5.41, 5.74) is 6.47. The van der Waals surface area contributed by atoms with E-state index in [4.69, 9.17) is 9.47 Å². The van der Waals surface area contributed by atoms with Crippen LogP contribution in [-0.2, 0) is 32.5 Å². The Morgan fingerprint density at radius 2 is 0.648 bits per heavy atom. The van der Waals surface area contributed by atoms with Gasteiger partial charge in [-0.2, -0.15) is 0 Å². The number of benzene rings is 7. The van der Waals surface area contributed by atoms with Gasteiger partial charge in [0.25, 0.3) is 0 Å². The normalized spacial score (nSPS) is 11.6. The summed E-state index contributed by atoms with van der Waals surface area (Å²) < 4.78 is 64.7. The van der Waals surface area contributed by atoms with Gasteiger partial charge in [0.1, 0.15) is 23.0 Å². The zero-order valence-electron chi connectivity index (χ0n) is 29.8. The first-order valence-corrected chi connectivity index (χ1v) is 20.5. The van der Waals surface area contributed by atoms with E-state index >= 15 is 0 Å². The van der Waals surface area contributed by atoms with Crippen molar-refractivity contribution in [2.24, 2.45) is 0 Å². The SMILES string of the molecule is CCc1ccc(Cc2ccc(S(=O)(=O)c3ccc(Oc4ccc(-c5ccc(Oc6ccc(S(=O)(=O)c7ccc(C)cc7)cc6)cc5)cc4)cc3)cc2)cc1. The van der Waals surface area contributed by atoms with Crippen LogP contribution in [0.25, 0.3) is 11.1 Å². The van der Waals surface area contributed by atoms with Crippen molar-refractivity contribution >= 4 is 19.7 Å². The molecule has 0 fully saturated rings. The summed E-state index contributed by atoms with van der Waals surface area (Å²) in [6.45, 7) is 4.04. The van der Waals surface area contributed by atoms with Crippen LogP contribution in [0.4, 0.5) is 0 Å². The molecule has 0 spiro atoms. The zero-order valence-corrected chi connectivity index (χ0v) is 31.5. The van der Waals surface area contributed by atoms with E-state index in [2.05, 4.69) is 31.2 Å². The topological polar surface area (TPSA) is 86.7 Å². The van der Waals surface area contributed by atoms with Crippen molar-refractivity contribution < 1.29 is 26.3 Å². The summed E-state index contributed by atoms with van der Waals surface area (Å²) in [6.07, 6.45) is 1.74. The second-order valence-electron chi connectivity index (χ2n) is 13.0. The smallest absolute Gasteiger partial charge is 0.206 e. The van der Waals surface area contributed by atoms with Crippen LogP contribution in [0, 0.1) is 6.92 Å². The van der Waals surface area contributed by atoms with E-state index in [0.29, 0.717) is 23.0 Å². The highest BCUT2D eigenvalue weighted by molar-refractivity contribution is 7.91. The van der Waals surface area contributed by atoms with E-state index in [9.17, 15) is 16.8 Å². The summed E-state index contributed by atoms with van der Waals surface area (Å²) in [6, 6.07) is 50.4. The fraction of sp³-hybridized carbons (Fsp3) is 0.0870. The fourth-order valence-electron chi connectivity index (χ4n) is 5.98. The third-order valence-electron chi connectivity index (χ3n) is 9.19. The van der Waals surface area contributed by atoms with Crippen LogP contribution in [0.5, 0.6) is 23.0 Å². The van der Waals surface area contributed by atoms with Crippen molar-refractivity contribution in [3.05, 3.63) is 192 Å². The van der Waals surface area contributed by atoms with Gasteiger partial charge in [-0.25, -0.2) is 16.8 Å². The van der Waals surface area contributed by atoms with Crippen molar-refractivity contribution in [3.8, 4) is 34.1 Å². The Hall–Kier alpha value is -5.96. The molecule has 0 aromatic heterocycles. The van der Waals surface area contributed by atoms with Crippen molar-refractivity contribution in [2.75, 3.05) is 0 Å². The molecule has 54 heavy (non-hydrogen) atoms. The van der Waals surface area contributed by atoms with E-state index in [-0.39, 0.29) is 19.6 Å². The zero-order chi connectivity index (χ0) is 37.7. The molecule has 0 amide bonds. The van der Waals surface area contributed by atoms with Crippen LogP contribution in [-0.4, -0.2) is 16.8 Å². The first-order valence-electron chi connectivity index (χ1n) is 17.6. The average Bonchev–Trinajstić information content (AvgIpc) is 3.20. The van der Waals surface area contributed by atoms with Gasteiger partial charge in [-0.1, -0.05) is 85.3 Å². The number of rotatable bonds is 12. The summed E-state index contributed by atoms with van der Waals surface area (Å²) >= 11 is 0. The Labute approximate surface area is 317 Å². The minimum Gasteiger partial charge on any atom is -0.457 e. The highest BCUT2D eigenvalue weighted by atomic mass is 32.2. The summed E-state index contributed by atoms with van der Waals surface area (Å²) in [7, 11) is -7.30. The molecule has 0 unspecified atom stereocenters. The van der Waals surface area contributed by atoms with Gasteiger partial charge < -0.3 is 9.47 Å². The molecule has 0 bridgehead atoms. The molecule has 0 saturated heterocycles. The lowest BCUT2D eigenvalue weighted by molar-refractivity contribution is 0.481. The summed E-state index contributed by atoms with van der Waals surface area (Å²) in [5, 5.41) is 0. The number of hydrogen-bond donors (Lipinski definition) is 0. The van der Waals surface area contributed by atoms with Crippen molar-refractivity contribution in [1.82, 2.24) is 0 Å². The van der Waals surface area contributed by atoms with E-state index in [1.54, 1.807) is 84.9 Å². The molecule has 0 aliphatic heterocycles. The average molecular weight is 751 g/mol. The first kappa shape index (κ1) is 36.4. The van der Waals surface area contributed by atoms with Gasteiger partial charge in [0.2, 0.25) is 19.7 Å². The minimum absolute atomic E-state index is 0.198. The van der Waals surface area contributed by atoms with Crippen molar-refractivity contribution in [3.63, 3.8) is 0 Å². The molecule has 0 saturated carbocycles. The summed E-state index contributed by atoms with van der Waals surface area (Å²) in [4.78, 5) is 0.899. The van der Waals surface area contributed by atoms with Gasteiger partial charge >= 0.3 is 0 Å². The first-order chi connectivity index (χ1) is 26.1. The van der Waals surface area contributed by atoms with Gasteiger partial charge in [0.05, 0.1) is 19.6 Å². The number of hydrogen-bond acceptors (Lipinski definition) is 6. The lowest BCUT2D eigenvalue weighted by Gasteiger charge is -2.10.